The van der Waals surface area contributed by atoms with Gasteiger partial charge in [-0.1, -0.05) is 57.2 Å². The van der Waals surface area contributed by atoms with Crippen molar-refractivity contribution in [2.45, 2.75) is 39.0 Å². The van der Waals surface area contributed by atoms with Crippen LogP contribution in [0.1, 0.15) is 39.2 Å². The molecule has 1 heterocycles. The van der Waals surface area contributed by atoms with Gasteiger partial charge in [-0.2, -0.15) is 0 Å². The number of likely N-dealkylation sites (tertiary alicyclic amines) is 1. The minimum Gasteiger partial charge on any atom is -0.455 e. The van der Waals surface area contributed by atoms with Gasteiger partial charge in [0, 0.05) is 24.5 Å². The fourth-order valence-electron chi connectivity index (χ4n) is 3.73. The molecule has 1 aliphatic heterocycles. The molecule has 2 aromatic carbocycles. The fourth-order valence-corrected chi connectivity index (χ4v) is 3.73. The number of carbonyl (C=O) groups excluding carboxylic acids is 3. The molecular weight excluding hydrogens is 406 g/mol. The van der Waals surface area contributed by atoms with Gasteiger partial charge in [0.15, 0.2) is 6.61 Å². The summed E-state index contributed by atoms with van der Waals surface area (Å²) in [6.45, 7) is 6.82. The van der Waals surface area contributed by atoms with Crippen LogP contribution in [0.15, 0.2) is 54.6 Å². The highest BCUT2D eigenvalue weighted by atomic mass is 16.5. The van der Waals surface area contributed by atoms with Crippen molar-refractivity contribution in [2.75, 3.05) is 30.3 Å². The number of carbonyl (C=O) groups is 3. The van der Waals surface area contributed by atoms with E-state index in [1.165, 1.54) is 0 Å². The van der Waals surface area contributed by atoms with Gasteiger partial charge >= 0.3 is 12.0 Å². The Morgan fingerprint density at radius 1 is 0.938 bits per heavy atom. The van der Waals surface area contributed by atoms with Gasteiger partial charge in [0.05, 0.1) is 5.92 Å². The zero-order valence-electron chi connectivity index (χ0n) is 18.9. The molecule has 7 heteroatoms. The second-order valence-corrected chi connectivity index (χ2v) is 9.01. The Kier molecular flexibility index (Phi) is 7.51. The Hall–Kier alpha value is -3.35. The molecule has 1 fully saturated rings. The Bertz CT molecular complexity index is 945. The molecule has 32 heavy (non-hydrogen) atoms. The number of nitrogens with zero attached hydrogens (tertiary/aromatic N) is 1. The van der Waals surface area contributed by atoms with Crippen LogP contribution in [0.2, 0.25) is 0 Å². The maximum absolute atomic E-state index is 12.4. The van der Waals surface area contributed by atoms with Crippen molar-refractivity contribution in [3.63, 3.8) is 0 Å². The molecule has 3 amide bonds. The molecule has 0 radical (unpaired) electrons. The topological polar surface area (TPSA) is 87.7 Å². The number of piperidine rings is 1. The van der Waals surface area contributed by atoms with Crippen molar-refractivity contribution in [3.05, 3.63) is 60.2 Å². The average molecular weight is 438 g/mol. The maximum atomic E-state index is 12.4. The number of amides is 3. The average Bonchev–Trinajstić information content (AvgIpc) is 2.78. The van der Waals surface area contributed by atoms with Crippen LogP contribution in [-0.4, -0.2) is 42.5 Å². The van der Waals surface area contributed by atoms with Crippen LogP contribution in [0.5, 0.6) is 0 Å². The van der Waals surface area contributed by atoms with Gasteiger partial charge in [-0.15, -0.1) is 0 Å². The van der Waals surface area contributed by atoms with Crippen LogP contribution in [0.3, 0.4) is 0 Å². The maximum Gasteiger partial charge on any atom is 0.321 e. The minimum atomic E-state index is -0.396. The second-order valence-electron chi connectivity index (χ2n) is 9.01. The highest BCUT2D eigenvalue weighted by molar-refractivity contribution is 5.94. The summed E-state index contributed by atoms with van der Waals surface area (Å²) in [5.41, 5.74) is 2.35. The molecule has 170 valence electrons. The van der Waals surface area contributed by atoms with Crippen molar-refractivity contribution in [1.82, 2.24) is 4.90 Å². The summed E-state index contributed by atoms with van der Waals surface area (Å²) in [6.07, 6.45) is 1.02. The standard InChI is InChI=1S/C25H31N3O4/c1-25(2,3)20-11-7-8-12-21(20)27-22(29)17-32-23(30)18-13-15-28(16-14-18)24(31)26-19-9-5-4-6-10-19/h4-12,18H,13-17H2,1-3H3,(H,26,31)(H,27,29). The van der Waals surface area contributed by atoms with Crippen molar-refractivity contribution < 1.29 is 19.1 Å². The molecule has 0 bridgehead atoms. The summed E-state index contributed by atoms with van der Waals surface area (Å²) in [6, 6.07) is 16.7. The third-order valence-corrected chi connectivity index (χ3v) is 5.50. The van der Waals surface area contributed by atoms with Crippen LogP contribution in [0, 0.1) is 5.92 Å². The van der Waals surface area contributed by atoms with Crippen LogP contribution in [0.4, 0.5) is 16.2 Å². The summed E-state index contributed by atoms with van der Waals surface area (Å²) < 4.78 is 5.26. The number of esters is 1. The number of rotatable bonds is 5. The van der Waals surface area contributed by atoms with E-state index in [1.807, 2.05) is 54.6 Å². The van der Waals surface area contributed by atoms with Gasteiger partial charge in [-0.3, -0.25) is 9.59 Å². The number of anilines is 2. The number of hydrogen-bond donors (Lipinski definition) is 2. The monoisotopic (exact) mass is 437 g/mol. The van der Waals surface area contributed by atoms with Crippen LogP contribution >= 0.6 is 0 Å². The number of nitrogens with one attached hydrogen (secondary N) is 2. The first-order valence-electron chi connectivity index (χ1n) is 10.9. The fraction of sp³-hybridized carbons (Fsp3) is 0.400. The quantitative estimate of drug-likeness (QED) is 0.679. The van der Waals surface area contributed by atoms with Crippen LogP contribution in [0.25, 0.3) is 0 Å². The van der Waals surface area contributed by atoms with Crippen LogP contribution < -0.4 is 10.6 Å². The summed E-state index contributed by atoms with van der Waals surface area (Å²) in [5, 5.41) is 5.70. The zero-order valence-corrected chi connectivity index (χ0v) is 18.9. The highest BCUT2D eigenvalue weighted by Crippen LogP contribution is 2.29. The van der Waals surface area contributed by atoms with E-state index in [-0.39, 0.29) is 29.9 Å². The Morgan fingerprint density at radius 3 is 2.22 bits per heavy atom. The largest absolute Gasteiger partial charge is 0.455 e. The van der Waals surface area contributed by atoms with E-state index in [9.17, 15) is 14.4 Å². The van der Waals surface area contributed by atoms with Gasteiger partial charge in [-0.25, -0.2) is 4.79 Å². The lowest BCUT2D eigenvalue weighted by molar-refractivity contribution is -0.152. The minimum absolute atomic E-state index is 0.124. The first kappa shape index (κ1) is 23.3. The summed E-state index contributed by atoms with van der Waals surface area (Å²) in [5.74, 6) is -1.08. The lowest BCUT2D eigenvalue weighted by Gasteiger charge is -2.30. The van der Waals surface area contributed by atoms with E-state index in [0.29, 0.717) is 25.9 Å². The molecule has 7 nitrogen and oxygen atoms in total. The van der Waals surface area contributed by atoms with Crippen molar-refractivity contribution in [1.29, 1.82) is 0 Å². The van der Waals surface area contributed by atoms with Crippen LogP contribution in [-0.2, 0) is 19.7 Å². The Labute approximate surface area is 189 Å². The molecule has 0 spiro atoms. The first-order chi connectivity index (χ1) is 15.2. The SMILES string of the molecule is CC(C)(C)c1ccccc1NC(=O)COC(=O)C1CCN(C(=O)Nc2ccccc2)CC1. The molecule has 0 aliphatic carbocycles. The predicted octanol–water partition coefficient (Wildman–Crippen LogP) is 4.41. The molecule has 0 aromatic heterocycles. The van der Waals surface area contributed by atoms with E-state index in [1.54, 1.807) is 4.90 Å². The molecule has 0 unspecified atom stereocenters. The summed E-state index contributed by atoms with van der Waals surface area (Å²) in [7, 11) is 0. The molecule has 2 aromatic rings. The molecule has 1 saturated heterocycles. The summed E-state index contributed by atoms with van der Waals surface area (Å²) in [4.78, 5) is 38.8. The van der Waals surface area contributed by atoms with E-state index in [4.69, 9.17) is 4.74 Å². The highest BCUT2D eigenvalue weighted by Gasteiger charge is 2.29. The summed E-state index contributed by atoms with van der Waals surface area (Å²) >= 11 is 0. The van der Waals surface area contributed by atoms with Crippen molar-refractivity contribution in [2.24, 2.45) is 5.92 Å². The molecule has 0 atom stereocenters. The molecule has 0 saturated carbocycles. The molecule has 3 rings (SSSR count). The molecular formula is C25H31N3O4. The number of urea groups is 1. The van der Waals surface area contributed by atoms with E-state index >= 15 is 0 Å². The van der Waals surface area contributed by atoms with Gasteiger partial charge in [0.2, 0.25) is 0 Å². The third kappa shape index (κ3) is 6.33. The number of hydrogen-bond acceptors (Lipinski definition) is 4. The Balaban J connectivity index is 1.43. The molecule has 2 N–H and O–H groups in total. The molecule has 1 aliphatic rings. The van der Waals surface area contributed by atoms with Gasteiger partial charge in [-0.05, 0) is 42.0 Å². The van der Waals surface area contributed by atoms with E-state index < -0.39 is 5.97 Å². The smallest absolute Gasteiger partial charge is 0.321 e. The lowest BCUT2D eigenvalue weighted by Crippen LogP contribution is -2.43. The second kappa shape index (κ2) is 10.3. The van der Waals surface area contributed by atoms with E-state index in [0.717, 1.165) is 16.9 Å². The number of benzene rings is 2. The normalized spacial score (nSPS) is 14.5. The van der Waals surface area contributed by atoms with Crippen molar-refractivity contribution >= 4 is 29.3 Å². The van der Waals surface area contributed by atoms with Gasteiger partial charge < -0.3 is 20.3 Å². The first-order valence-corrected chi connectivity index (χ1v) is 10.9. The van der Waals surface area contributed by atoms with Gasteiger partial charge in [0.25, 0.3) is 5.91 Å². The lowest BCUT2D eigenvalue weighted by atomic mass is 9.86. The number of para-hydroxylation sites is 2. The number of ether oxygens (including phenoxy) is 1. The van der Waals surface area contributed by atoms with Crippen molar-refractivity contribution in [3.8, 4) is 0 Å². The Morgan fingerprint density at radius 2 is 1.56 bits per heavy atom. The predicted molar refractivity (Wildman–Crippen MR) is 124 cm³/mol. The zero-order chi connectivity index (χ0) is 23.1. The van der Waals surface area contributed by atoms with Gasteiger partial charge in [0.1, 0.15) is 0 Å². The van der Waals surface area contributed by atoms with E-state index in [2.05, 4.69) is 31.4 Å². The third-order valence-electron chi connectivity index (χ3n) is 5.50.